The molecule has 0 saturated heterocycles. The van der Waals surface area contributed by atoms with Gasteiger partial charge in [-0.3, -0.25) is 10.1 Å². The second kappa shape index (κ2) is 4.65. The van der Waals surface area contributed by atoms with E-state index in [2.05, 4.69) is 25.5 Å². The number of amides is 1. The van der Waals surface area contributed by atoms with Crippen LogP contribution in [-0.2, 0) is 0 Å². The van der Waals surface area contributed by atoms with Crippen molar-refractivity contribution in [3.05, 3.63) is 29.3 Å². The summed E-state index contributed by atoms with van der Waals surface area (Å²) in [5.74, 6) is -0.0274. The van der Waals surface area contributed by atoms with E-state index < -0.39 is 0 Å². The highest BCUT2D eigenvalue weighted by molar-refractivity contribution is 7.16. The number of thiazole rings is 1. The minimum absolute atomic E-state index is 0.174. The number of rotatable bonds is 3. The molecule has 3 rings (SSSR count). The Bertz CT molecular complexity index is 735. The predicted molar refractivity (Wildman–Crippen MR) is 70.5 cm³/mol. The third kappa shape index (κ3) is 2.25. The number of aromatic nitrogens is 4. The molecule has 1 aromatic carbocycles. The van der Waals surface area contributed by atoms with Gasteiger partial charge in [-0.25, -0.2) is 10.1 Å². The molecule has 0 aliphatic carbocycles. The highest BCUT2D eigenvalue weighted by Gasteiger charge is 2.10. The van der Waals surface area contributed by atoms with E-state index in [0.29, 0.717) is 5.56 Å². The van der Waals surface area contributed by atoms with Crippen molar-refractivity contribution in [1.29, 1.82) is 0 Å². The normalized spacial score (nSPS) is 10.6. The molecule has 0 saturated carbocycles. The summed E-state index contributed by atoms with van der Waals surface area (Å²) in [5.41, 5.74) is 3.16. The van der Waals surface area contributed by atoms with Crippen LogP contribution in [0.3, 0.4) is 0 Å². The van der Waals surface area contributed by atoms with Gasteiger partial charge in [0.15, 0.2) is 0 Å². The van der Waals surface area contributed by atoms with E-state index in [1.807, 2.05) is 6.07 Å². The number of benzene rings is 1. The van der Waals surface area contributed by atoms with E-state index in [9.17, 15) is 4.79 Å². The number of aromatic amines is 1. The fraction of sp³-hybridized carbons (Fsp3) is 0.0909. The van der Waals surface area contributed by atoms with Gasteiger partial charge >= 0.3 is 6.01 Å². The summed E-state index contributed by atoms with van der Waals surface area (Å²) in [6.45, 7) is 0. The molecule has 0 aliphatic rings. The van der Waals surface area contributed by atoms with Crippen LogP contribution >= 0.6 is 11.3 Å². The SMILES string of the molecule is COc1n[nH]c(NC(=O)c2ccc3ncsc3c2)n1. The van der Waals surface area contributed by atoms with Crippen LogP contribution in [0.1, 0.15) is 10.4 Å². The third-order valence-electron chi connectivity index (χ3n) is 2.47. The Balaban J connectivity index is 1.82. The fourth-order valence-electron chi connectivity index (χ4n) is 1.57. The molecule has 7 nitrogen and oxygen atoms in total. The van der Waals surface area contributed by atoms with Crippen LogP contribution in [0.5, 0.6) is 6.01 Å². The number of nitrogens with zero attached hydrogens (tertiary/aromatic N) is 3. The molecule has 19 heavy (non-hydrogen) atoms. The van der Waals surface area contributed by atoms with E-state index in [4.69, 9.17) is 4.74 Å². The molecule has 0 unspecified atom stereocenters. The Morgan fingerprint density at radius 2 is 2.37 bits per heavy atom. The van der Waals surface area contributed by atoms with E-state index >= 15 is 0 Å². The van der Waals surface area contributed by atoms with Gasteiger partial charge < -0.3 is 4.74 Å². The molecule has 8 heteroatoms. The van der Waals surface area contributed by atoms with Crippen LogP contribution in [0.15, 0.2) is 23.7 Å². The zero-order valence-electron chi connectivity index (χ0n) is 9.88. The van der Waals surface area contributed by atoms with Crippen molar-refractivity contribution in [3.63, 3.8) is 0 Å². The minimum atomic E-state index is -0.269. The topological polar surface area (TPSA) is 92.8 Å². The molecule has 0 fully saturated rings. The average Bonchev–Trinajstić information content (AvgIpc) is 3.05. The number of hydrogen-bond acceptors (Lipinski definition) is 6. The number of H-pyrrole nitrogens is 1. The first-order chi connectivity index (χ1) is 9.26. The zero-order chi connectivity index (χ0) is 13.2. The van der Waals surface area contributed by atoms with E-state index in [0.717, 1.165) is 10.2 Å². The summed E-state index contributed by atoms with van der Waals surface area (Å²) in [4.78, 5) is 20.1. The molecular weight excluding hydrogens is 266 g/mol. The van der Waals surface area contributed by atoms with Crippen molar-refractivity contribution in [1.82, 2.24) is 20.2 Å². The van der Waals surface area contributed by atoms with Gasteiger partial charge in [0.05, 0.1) is 22.8 Å². The number of hydrogen-bond donors (Lipinski definition) is 2. The molecule has 3 aromatic rings. The number of methoxy groups -OCH3 is 1. The van der Waals surface area contributed by atoms with Gasteiger partial charge in [-0.05, 0) is 18.2 Å². The Hall–Kier alpha value is -2.48. The van der Waals surface area contributed by atoms with E-state index in [1.54, 1.807) is 17.6 Å². The van der Waals surface area contributed by atoms with Crippen molar-refractivity contribution >= 4 is 33.4 Å². The largest absolute Gasteiger partial charge is 0.466 e. The molecule has 2 heterocycles. The summed E-state index contributed by atoms with van der Waals surface area (Å²) in [7, 11) is 1.45. The van der Waals surface area contributed by atoms with Gasteiger partial charge in [0.25, 0.3) is 5.91 Å². The van der Waals surface area contributed by atoms with Gasteiger partial charge in [0, 0.05) is 5.56 Å². The maximum atomic E-state index is 12.0. The summed E-state index contributed by atoms with van der Waals surface area (Å²) in [5, 5.41) is 8.91. The maximum Gasteiger partial charge on any atom is 0.336 e. The fourth-order valence-corrected chi connectivity index (χ4v) is 2.29. The van der Waals surface area contributed by atoms with Crippen LogP contribution in [0.4, 0.5) is 5.95 Å². The molecular formula is C11H9N5O2S. The summed E-state index contributed by atoms with van der Waals surface area (Å²) in [6, 6.07) is 5.48. The van der Waals surface area contributed by atoms with E-state index in [1.165, 1.54) is 18.4 Å². The quantitative estimate of drug-likeness (QED) is 0.758. The molecule has 0 atom stereocenters. The van der Waals surface area contributed by atoms with Crippen LogP contribution in [0, 0.1) is 0 Å². The number of ether oxygens (including phenoxy) is 1. The average molecular weight is 275 g/mol. The molecule has 2 N–H and O–H groups in total. The summed E-state index contributed by atoms with van der Waals surface area (Å²) in [6.07, 6.45) is 0. The van der Waals surface area contributed by atoms with Crippen LogP contribution in [0.2, 0.25) is 0 Å². The molecule has 0 aliphatic heterocycles. The van der Waals surface area contributed by atoms with Gasteiger partial charge in [0.1, 0.15) is 0 Å². The lowest BCUT2D eigenvalue weighted by molar-refractivity contribution is 0.102. The Morgan fingerprint density at radius 3 is 3.16 bits per heavy atom. The summed E-state index contributed by atoms with van der Waals surface area (Å²) >= 11 is 1.49. The van der Waals surface area contributed by atoms with Gasteiger partial charge in [0.2, 0.25) is 5.95 Å². The van der Waals surface area contributed by atoms with Crippen LogP contribution in [-0.4, -0.2) is 33.2 Å². The maximum absolute atomic E-state index is 12.0. The molecule has 96 valence electrons. The van der Waals surface area contributed by atoms with Crippen LogP contribution < -0.4 is 10.1 Å². The second-order valence-corrected chi connectivity index (χ2v) is 4.55. The van der Waals surface area contributed by atoms with Crippen molar-refractivity contribution in [2.75, 3.05) is 12.4 Å². The monoisotopic (exact) mass is 275 g/mol. The third-order valence-corrected chi connectivity index (χ3v) is 3.26. The van der Waals surface area contributed by atoms with E-state index in [-0.39, 0.29) is 17.9 Å². The van der Waals surface area contributed by atoms with Crippen molar-refractivity contribution in [2.24, 2.45) is 0 Å². The lowest BCUT2D eigenvalue weighted by Gasteiger charge is -2.00. The van der Waals surface area contributed by atoms with Crippen molar-refractivity contribution < 1.29 is 9.53 Å². The predicted octanol–water partition coefficient (Wildman–Crippen LogP) is 1.68. The molecule has 0 spiro atoms. The first-order valence-electron chi connectivity index (χ1n) is 5.37. The zero-order valence-corrected chi connectivity index (χ0v) is 10.7. The number of carbonyl (C=O) groups is 1. The van der Waals surface area contributed by atoms with Gasteiger partial charge in [-0.15, -0.1) is 16.4 Å². The van der Waals surface area contributed by atoms with Crippen molar-refractivity contribution in [3.8, 4) is 6.01 Å². The molecule has 2 aromatic heterocycles. The van der Waals surface area contributed by atoms with Crippen LogP contribution in [0.25, 0.3) is 10.2 Å². The van der Waals surface area contributed by atoms with Crippen molar-refractivity contribution in [2.45, 2.75) is 0 Å². The van der Waals surface area contributed by atoms with Gasteiger partial charge in [-0.1, -0.05) is 0 Å². The first kappa shape index (κ1) is 11.6. The molecule has 0 radical (unpaired) electrons. The Kier molecular flexibility index (Phi) is 2.84. The highest BCUT2D eigenvalue weighted by atomic mass is 32.1. The molecule has 1 amide bonds. The number of nitrogens with one attached hydrogen (secondary N) is 2. The number of fused-ring (bicyclic) bond motifs is 1. The Morgan fingerprint density at radius 1 is 1.47 bits per heavy atom. The second-order valence-electron chi connectivity index (χ2n) is 3.66. The minimum Gasteiger partial charge on any atom is -0.466 e. The smallest absolute Gasteiger partial charge is 0.336 e. The number of carbonyl (C=O) groups excluding carboxylic acids is 1. The lowest BCUT2D eigenvalue weighted by Crippen LogP contribution is -2.12. The summed E-state index contributed by atoms with van der Waals surface area (Å²) < 4.78 is 5.78. The van der Waals surface area contributed by atoms with Gasteiger partial charge in [-0.2, -0.15) is 4.98 Å². The first-order valence-corrected chi connectivity index (χ1v) is 6.25. The lowest BCUT2D eigenvalue weighted by atomic mass is 10.2. The standard InChI is InChI=1S/C11H9N5O2S/c1-18-11-14-10(15-16-11)13-9(17)6-2-3-7-8(4-6)19-5-12-7/h2-5H,1H3,(H2,13,14,15,16,17). The number of anilines is 1. The molecule has 0 bridgehead atoms. The highest BCUT2D eigenvalue weighted by Crippen LogP contribution is 2.19. The Labute approximate surface area is 111 Å².